The van der Waals surface area contributed by atoms with E-state index >= 15 is 0 Å². The van der Waals surface area contributed by atoms with E-state index in [1.165, 1.54) is 0 Å². The van der Waals surface area contributed by atoms with E-state index in [2.05, 4.69) is 5.16 Å². The Morgan fingerprint density at radius 2 is 1.89 bits per heavy atom. The van der Waals surface area contributed by atoms with Crippen LogP contribution < -0.4 is 5.73 Å². The van der Waals surface area contributed by atoms with E-state index in [1.807, 2.05) is 20.8 Å². The average molecular weight is 287 g/mol. The number of aromatic nitrogens is 1. The van der Waals surface area contributed by atoms with Gasteiger partial charge in [0.2, 0.25) is 0 Å². The highest BCUT2D eigenvalue weighted by atomic mass is 35.5. The molecule has 2 N–H and O–H groups in total. The predicted molar refractivity (Wildman–Crippen MR) is 64.8 cm³/mol. The molecule has 0 aliphatic rings. The molecular weight excluding hydrogens is 269 g/mol. The van der Waals surface area contributed by atoms with Crippen LogP contribution >= 0.6 is 12.4 Å². The van der Waals surface area contributed by atoms with Crippen molar-refractivity contribution >= 4 is 12.4 Å². The van der Waals surface area contributed by atoms with Crippen LogP contribution in [-0.2, 0) is 11.8 Å². The Morgan fingerprint density at radius 3 is 2.22 bits per heavy atom. The Labute approximate surface area is 110 Å². The van der Waals surface area contributed by atoms with Crippen LogP contribution in [0.4, 0.5) is 13.2 Å². The van der Waals surface area contributed by atoms with E-state index in [0.717, 1.165) is 0 Å². The SMILES string of the molecule is CC(C)(C)c1cc(CC(CN)C(F)(F)F)no1.Cl. The van der Waals surface area contributed by atoms with Gasteiger partial charge in [0.05, 0.1) is 11.6 Å². The van der Waals surface area contributed by atoms with Crippen molar-refractivity contribution in [2.45, 2.75) is 38.8 Å². The number of hydrogen-bond donors (Lipinski definition) is 1. The summed E-state index contributed by atoms with van der Waals surface area (Å²) in [5, 5.41) is 3.65. The molecule has 1 rings (SSSR count). The van der Waals surface area contributed by atoms with Crippen molar-refractivity contribution in [2.24, 2.45) is 11.7 Å². The van der Waals surface area contributed by atoms with Crippen LogP contribution in [0.5, 0.6) is 0 Å². The molecule has 0 spiro atoms. The third kappa shape index (κ3) is 4.49. The lowest BCUT2D eigenvalue weighted by Crippen LogP contribution is -2.32. The maximum absolute atomic E-state index is 12.5. The fourth-order valence-corrected chi connectivity index (χ4v) is 1.35. The maximum atomic E-state index is 12.5. The van der Waals surface area contributed by atoms with Crippen LogP contribution in [0.15, 0.2) is 10.6 Å². The van der Waals surface area contributed by atoms with E-state index in [0.29, 0.717) is 11.5 Å². The summed E-state index contributed by atoms with van der Waals surface area (Å²) in [6.45, 7) is 5.27. The molecule has 106 valence electrons. The maximum Gasteiger partial charge on any atom is 0.393 e. The van der Waals surface area contributed by atoms with E-state index in [1.54, 1.807) is 6.07 Å². The van der Waals surface area contributed by atoms with Gasteiger partial charge >= 0.3 is 6.18 Å². The van der Waals surface area contributed by atoms with Crippen molar-refractivity contribution in [3.63, 3.8) is 0 Å². The van der Waals surface area contributed by atoms with E-state index in [-0.39, 0.29) is 24.2 Å². The highest BCUT2D eigenvalue weighted by Gasteiger charge is 2.39. The topological polar surface area (TPSA) is 52.0 Å². The number of halogens is 4. The second-order valence-corrected chi connectivity index (χ2v) is 5.11. The number of nitrogens with zero attached hydrogens (tertiary/aromatic N) is 1. The summed E-state index contributed by atoms with van der Waals surface area (Å²) in [5.41, 5.74) is 5.15. The minimum absolute atomic E-state index is 0. The first-order chi connectivity index (χ1) is 7.64. The Balaban J connectivity index is 0.00000289. The zero-order valence-electron chi connectivity index (χ0n) is 10.5. The fourth-order valence-electron chi connectivity index (χ4n) is 1.35. The first kappa shape index (κ1) is 17.2. The molecule has 0 aliphatic heterocycles. The molecular formula is C11H18ClF3N2O. The van der Waals surface area contributed by atoms with Crippen molar-refractivity contribution in [1.29, 1.82) is 0 Å². The lowest BCUT2D eigenvalue weighted by molar-refractivity contribution is -0.171. The largest absolute Gasteiger partial charge is 0.393 e. The zero-order chi connectivity index (χ0) is 13.3. The molecule has 0 radical (unpaired) electrons. The summed E-state index contributed by atoms with van der Waals surface area (Å²) in [7, 11) is 0. The molecule has 0 saturated carbocycles. The second-order valence-electron chi connectivity index (χ2n) is 5.11. The third-order valence-electron chi connectivity index (χ3n) is 2.50. The summed E-state index contributed by atoms with van der Waals surface area (Å²) in [6, 6.07) is 1.56. The van der Waals surface area contributed by atoms with Gasteiger partial charge in [0.1, 0.15) is 5.76 Å². The van der Waals surface area contributed by atoms with Crippen LogP contribution in [-0.4, -0.2) is 17.9 Å². The van der Waals surface area contributed by atoms with E-state index < -0.39 is 18.6 Å². The number of nitrogens with two attached hydrogens (primary N) is 1. The van der Waals surface area contributed by atoms with Gasteiger partial charge in [-0.25, -0.2) is 0 Å². The van der Waals surface area contributed by atoms with Gasteiger partial charge in [0, 0.05) is 24.4 Å². The Bertz CT molecular complexity index is 371. The molecule has 0 aromatic carbocycles. The lowest BCUT2D eigenvalue weighted by Gasteiger charge is -2.16. The van der Waals surface area contributed by atoms with Crippen LogP contribution in [0.2, 0.25) is 0 Å². The Kier molecular flexibility index (Phi) is 5.68. The van der Waals surface area contributed by atoms with Crippen molar-refractivity contribution in [1.82, 2.24) is 5.16 Å². The first-order valence-electron chi connectivity index (χ1n) is 5.37. The smallest absolute Gasteiger partial charge is 0.361 e. The molecule has 1 unspecified atom stereocenters. The van der Waals surface area contributed by atoms with Gasteiger partial charge in [-0.15, -0.1) is 12.4 Å². The van der Waals surface area contributed by atoms with Crippen LogP contribution in [0.25, 0.3) is 0 Å². The highest BCUT2D eigenvalue weighted by molar-refractivity contribution is 5.85. The van der Waals surface area contributed by atoms with Crippen LogP contribution in [0.3, 0.4) is 0 Å². The standard InChI is InChI=1S/C11H17F3N2O.ClH/c1-10(2,3)9-5-8(16-17-9)4-7(6-15)11(12,13)14;/h5,7H,4,6,15H2,1-3H3;1H. The molecule has 0 amide bonds. The summed E-state index contributed by atoms with van der Waals surface area (Å²) >= 11 is 0. The molecule has 0 fully saturated rings. The summed E-state index contributed by atoms with van der Waals surface area (Å²) in [6.07, 6.45) is -4.53. The normalized spacial score (nSPS) is 14.2. The second kappa shape index (κ2) is 5.93. The summed E-state index contributed by atoms with van der Waals surface area (Å²) in [4.78, 5) is 0. The van der Waals surface area contributed by atoms with Crippen molar-refractivity contribution in [3.05, 3.63) is 17.5 Å². The number of alkyl halides is 3. The molecule has 0 saturated heterocycles. The van der Waals surface area contributed by atoms with Crippen LogP contribution in [0.1, 0.15) is 32.2 Å². The molecule has 1 aromatic heterocycles. The number of rotatable bonds is 3. The highest BCUT2D eigenvalue weighted by Crippen LogP contribution is 2.29. The van der Waals surface area contributed by atoms with Gasteiger partial charge in [-0.1, -0.05) is 25.9 Å². The quantitative estimate of drug-likeness (QED) is 0.929. The van der Waals surface area contributed by atoms with E-state index in [4.69, 9.17) is 10.3 Å². The van der Waals surface area contributed by atoms with Gasteiger partial charge in [-0.3, -0.25) is 0 Å². The fraction of sp³-hybridized carbons (Fsp3) is 0.727. The van der Waals surface area contributed by atoms with Crippen LogP contribution in [0, 0.1) is 5.92 Å². The monoisotopic (exact) mass is 286 g/mol. The third-order valence-corrected chi connectivity index (χ3v) is 2.50. The summed E-state index contributed by atoms with van der Waals surface area (Å²) < 4.78 is 42.6. The Hall–Kier alpha value is -0.750. The lowest BCUT2D eigenvalue weighted by atomic mass is 9.92. The summed E-state index contributed by atoms with van der Waals surface area (Å²) in [5.74, 6) is -0.995. The molecule has 1 atom stereocenters. The van der Waals surface area contributed by atoms with Gasteiger partial charge in [-0.2, -0.15) is 13.2 Å². The molecule has 1 aromatic rings. The van der Waals surface area contributed by atoms with Crippen molar-refractivity contribution in [3.8, 4) is 0 Å². The zero-order valence-corrected chi connectivity index (χ0v) is 11.4. The molecule has 0 aliphatic carbocycles. The predicted octanol–water partition coefficient (Wildman–Crippen LogP) is 3.07. The number of hydrogen-bond acceptors (Lipinski definition) is 3. The molecule has 18 heavy (non-hydrogen) atoms. The first-order valence-corrected chi connectivity index (χ1v) is 5.37. The van der Waals surface area contributed by atoms with Gasteiger partial charge in [-0.05, 0) is 0 Å². The molecule has 1 heterocycles. The van der Waals surface area contributed by atoms with Gasteiger partial charge in [0.15, 0.2) is 0 Å². The molecule has 3 nitrogen and oxygen atoms in total. The molecule has 7 heteroatoms. The van der Waals surface area contributed by atoms with Gasteiger partial charge in [0.25, 0.3) is 0 Å². The Morgan fingerprint density at radius 1 is 1.33 bits per heavy atom. The average Bonchev–Trinajstić information content (AvgIpc) is 2.59. The van der Waals surface area contributed by atoms with E-state index in [9.17, 15) is 13.2 Å². The van der Waals surface area contributed by atoms with Crippen molar-refractivity contribution in [2.75, 3.05) is 6.54 Å². The minimum Gasteiger partial charge on any atom is -0.361 e. The minimum atomic E-state index is -4.30. The van der Waals surface area contributed by atoms with Crippen molar-refractivity contribution < 1.29 is 17.7 Å². The van der Waals surface area contributed by atoms with Gasteiger partial charge < -0.3 is 10.3 Å². The molecule has 0 bridgehead atoms.